The number of hydrogen-bond donors (Lipinski definition) is 0. The van der Waals surface area contributed by atoms with Crippen molar-refractivity contribution in [2.45, 2.75) is 142 Å². The molecule has 0 aromatic heterocycles. The van der Waals surface area contributed by atoms with E-state index in [0.717, 1.165) is 25.9 Å². The molecule has 1 heterocycles. The predicted molar refractivity (Wildman–Crippen MR) is 119 cm³/mol. The summed E-state index contributed by atoms with van der Waals surface area (Å²) < 4.78 is 0. The van der Waals surface area contributed by atoms with E-state index >= 15 is 0 Å². The van der Waals surface area contributed by atoms with Gasteiger partial charge in [-0.3, -0.25) is 4.79 Å². The number of likely N-dealkylation sites (tertiary alicyclic amines) is 1. The summed E-state index contributed by atoms with van der Waals surface area (Å²) in [7, 11) is 0. The molecule has 0 atom stereocenters. The highest BCUT2D eigenvalue weighted by Crippen LogP contribution is 2.15. The molecule has 0 N–H and O–H groups in total. The maximum absolute atomic E-state index is 11.8. The first-order valence-electron chi connectivity index (χ1n) is 12.6. The van der Waals surface area contributed by atoms with Crippen molar-refractivity contribution in [1.82, 2.24) is 4.90 Å². The molecule has 0 aromatic rings. The summed E-state index contributed by atoms with van der Waals surface area (Å²) >= 11 is 0. The van der Waals surface area contributed by atoms with Crippen molar-refractivity contribution < 1.29 is 4.79 Å². The van der Waals surface area contributed by atoms with Crippen molar-refractivity contribution in [2.24, 2.45) is 0 Å². The van der Waals surface area contributed by atoms with E-state index in [9.17, 15) is 4.79 Å². The molecule has 2 rings (SSSR count). The van der Waals surface area contributed by atoms with Crippen LogP contribution < -0.4 is 0 Å². The Morgan fingerprint density at radius 2 is 1.04 bits per heavy atom. The zero-order chi connectivity index (χ0) is 19.4. The highest BCUT2D eigenvalue weighted by Gasteiger charge is 2.15. The maximum atomic E-state index is 11.8. The van der Waals surface area contributed by atoms with Crippen LogP contribution in [-0.4, -0.2) is 23.9 Å². The van der Waals surface area contributed by atoms with Crippen LogP contribution in [0.1, 0.15) is 142 Å². The Labute approximate surface area is 170 Å². The topological polar surface area (TPSA) is 20.3 Å². The number of rotatable bonds is 11. The molecule has 1 saturated carbocycles. The van der Waals surface area contributed by atoms with E-state index in [1.165, 1.54) is 122 Å². The third-order valence-corrected chi connectivity index (χ3v) is 6.20. The lowest BCUT2D eigenvalue weighted by atomic mass is 10.1. The van der Waals surface area contributed by atoms with Gasteiger partial charge in [-0.2, -0.15) is 0 Å². The maximum Gasteiger partial charge on any atom is 0.222 e. The Hall–Kier alpha value is -0.530. The van der Waals surface area contributed by atoms with Crippen LogP contribution in [0, 0.1) is 0 Å². The monoisotopic (exact) mass is 379 g/mol. The molecule has 2 heteroatoms. The van der Waals surface area contributed by atoms with Crippen LogP contribution in [0.5, 0.6) is 0 Å². The van der Waals surface area contributed by atoms with Crippen molar-refractivity contribution in [1.29, 1.82) is 0 Å². The molecule has 1 amide bonds. The Balaban J connectivity index is 0.000000433. The first kappa shape index (κ1) is 24.5. The molecule has 0 bridgehead atoms. The van der Waals surface area contributed by atoms with Crippen LogP contribution in [0.25, 0.3) is 0 Å². The SMILES string of the molecule is C1CCCCCC1.CCCCCCCCCCCCN1CCCCCC1=O. The lowest BCUT2D eigenvalue weighted by Gasteiger charge is -2.20. The fourth-order valence-electron chi connectivity index (χ4n) is 4.30. The minimum atomic E-state index is 0.401. The van der Waals surface area contributed by atoms with Crippen molar-refractivity contribution in [3.8, 4) is 0 Å². The van der Waals surface area contributed by atoms with Gasteiger partial charge >= 0.3 is 0 Å². The summed E-state index contributed by atoms with van der Waals surface area (Å²) in [5, 5.41) is 0. The van der Waals surface area contributed by atoms with E-state index in [1.807, 2.05) is 0 Å². The summed E-state index contributed by atoms with van der Waals surface area (Å²) in [6.07, 6.45) is 28.5. The van der Waals surface area contributed by atoms with Crippen LogP contribution in [-0.2, 0) is 4.79 Å². The Morgan fingerprint density at radius 1 is 0.593 bits per heavy atom. The van der Waals surface area contributed by atoms with E-state index in [-0.39, 0.29) is 0 Å². The van der Waals surface area contributed by atoms with Crippen molar-refractivity contribution >= 4 is 5.91 Å². The van der Waals surface area contributed by atoms with Gasteiger partial charge in [0.1, 0.15) is 0 Å². The molecule has 0 radical (unpaired) electrons. The number of nitrogens with zero attached hydrogens (tertiary/aromatic N) is 1. The number of amides is 1. The van der Waals surface area contributed by atoms with Gasteiger partial charge < -0.3 is 4.90 Å². The fraction of sp³-hybridized carbons (Fsp3) is 0.960. The normalized spacial score (nSPS) is 18.4. The van der Waals surface area contributed by atoms with E-state index in [1.54, 1.807) is 0 Å². The van der Waals surface area contributed by atoms with E-state index in [2.05, 4.69) is 11.8 Å². The van der Waals surface area contributed by atoms with Gasteiger partial charge in [-0.15, -0.1) is 0 Å². The standard InChI is InChI=1S/C18H35NO.C7H14/c1-2-3-4-5-6-7-8-9-10-13-16-19-17-14-11-12-15-18(19)20;1-2-4-6-7-5-3-1/h2-17H2,1H3;1-7H2. The predicted octanol–water partition coefficient (Wildman–Crippen LogP) is 8.04. The summed E-state index contributed by atoms with van der Waals surface area (Å²) in [5.74, 6) is 0.401. The van der Waals surface area contributed by atoms with Gasteiger partial charge in [0.2, 0.25) is 5.91 Å². The second kappa shape index (κ2) is 18.8. The average molecular weight is 380 g/mol. The molecular weight excluding hydrogens is 330 g/mol. The smallest absolute Gasteiger partial charge is 0.222 e. The van der Waals surface area contributed by atoms with Crippen LogP contribution in [0.15, 0.2) is 0 Å². The molecule has 0 aromatic carbocycles. The molecule has 2 nitrogen and oxygen atoms in total. The van der Waals surface area contributed by atoms with Gasteiger partial charge in [0.15, 0.2) is 0 Å². The van der Waals surface area contributed by atoms with Gasteiger partial charge in [0, 0.05) is 19.5 Å². The minimum Gasteiger partial charge on any atom is -0.343 e. The second-order valence-electron chi connectivity index (χ2n) is 8.85. The van der Waals surface area contributed by atoms with Crippen molar-refractivity contribution in [2.75, 3.05) is 13.1 Å². The van der Waals surface area contributed by atoms with Crippen LogP contribution in [0.3, 0.4) is 0 Å². The summed E-state index contributed by atoms with van der Waals surface area (Å²) in [5.41, 5.74) is 0. The van der Waals surface area contributed by atoms with Crippen LogP contribution in [0.2, 0.25) is 0 Å². The molecule has 2 fully saturated rings. The largest absolute Gasteiger partial charge is 0.343 e. The van der Waals surface area contributed by atoms with Crippen molar-refractivity contribution in [3.05, 3.63) is 0 Å². The molecule has 1 saturated heterocycles. The molecular formula is C25H49NO. The van der Waals surface area contributed by atoms with Gasteiger partial charge in [-0.25, -0.2) is 0 Å². The number of unbranched alkanes of at least 4 members (excludes halogenated alkanes) is 9. The Morgan fingerprint density at radius 3 is 1.56 bits per heavy atom. The molecule has 0 unspecified atom stereocenters. The minimum absolute atomic E-state index is 0.401. The fourth-order valence-corrected chi connectivity index (χ4v) is 4.30. The summed E-state index contributed by atoms with van der Waals surface area (Å²) in [4.78, 5) is 13.9. The summed E-state index contributed by atoms with van der Waals surface area (Å²) in [6, 6.07) is 0. The summed E-state index contributed by atoms with van der Waals surface area (Å²) in [6.45, 7) is 4.29. The van der Waals surface area contributed by atoms with E-state index in [4.69, 9.17) is 0 Å². The van der Waals surface area contributed by atoms with Crippen molar-refractivity contribution in [3.63, 3.8) is 0 Å². The third-order valence-electron chi connectivity index (χ3n) is 6.20. The van der Waals surface area contributed by atoms with Gasteiger partial charge in [0.25, 0.3) is 0 Å². The zero-order valence-electron chi connectivity index (χ0n) is 18.6. The van der Waals surface area contributed by atoms with Gasteiger partial charge in [-0.05, 0) is 19.3 Å². The molecule has 2 aliphatic rings. The number of carbonyl (C=O) groups is 1. The number of hydrogen-bond acceptors (Lipinski definition) is 1. The Bertz CT molecular complexity index is 309. The highest BCUT2D eigenvalue weighted by molar-refractivity contribution is 5.76. The first-order chi connectivity index (χ1) is 13.3. The Kier molecular flexibility index (Phi) is 17.1. The lowest BCUT2D eigenvalue weighted by Crippen LogP contribution is -2.31. The molecule has 1 aliphatic carbocycles. The highest BCUT2D eigenvalue weighted by atomic mass is 16.2. The average Bonchev–Trinajstić information content (AvgIpc) is 3.10. The quantitative estimate of drug-likeness (QED) is 0.263. The first-order valence-corrected chi connectivity index (χ1v) is 12.6. The zero-order valence-corrected chi connectivity index (χ0v) is 18.6. The second-order valence-corrected chi connectivity index (χ2v) is 8.85. The van der Waals surface area contributed by atoms with Crippen LogP contribution in [0.4, 0.5) is 0 Å². The van der Waals surface area contributed by atoms with Gasteiger partial charge in [0.05, 0.1) is 0 Å². The molecule has 160 valence electrons. The molecule has 1 aliphatic heterocycles. The van der Waals surface area contributed by atoms with E-state index in [0.29, 0.717) is 5.91 Å². The van der Waals surface area contributed by atoms with E-state index < -0.39 is 0 Å². The lowest BCUT2D eigenvalue weighted by molar-refractivity contribution is -0.130. The van der Waals surface area contributed by atoms with Crippen LogP contribution >= 0.6 is 0 Å². The number of carbonyl (C=O) groups excluding carboxylic acids is 1. The van der Waals surface area contributed by atoms with Gasteiger partial charge in [-0.1, -0.05) is 116 Å². The molecule has 27 heavy (non-hydrogen) atoms. The molecule has 0 spiro atoms. The third kappa shape index (κ3) is 15.1.